The van der Waals surface area contributed by atoms with E-state index in [-0.39, 0.29) is 17.4 Å². The van der Waals surface area contributed by atoms with E-state index in [4.69, 9.17) is 11.6 Å². The molecule has 0 aliphatic heterocycles. The van der Waals surface area contributed by atoms with Gasteiger partial charge in [0.05, 0.1) is 22.8 Å². The molecule has 0 radical (unpaired) electrons. The van der Waals surface area contributed by atoms with Gasteiger partial charge in [-0.1, -0.05) is 24.3 Å². The number of rotatable bonds is 5. The van der Waals surface area contributed by atoms with Gasteiger partial charge in [-0.2, -0.15) is 0 Å². The maximum Gasteiger partial charge on any atom is 0.274 e. The van der Waals surface area contributed by atoms with Gasteiger partial charge < -0.3 is 0 Å². The topological polar surface area (TPSA) is 50.7 Å². The molecule has 1 atom stereocenters. The molecular formula is C25H27ClFN3O. The summed E-state index contributed by atoms with van der Waals surface area (Å²) in [5.41, 5.74) is 3.18. The van der Waals surface area contributed by atoms with Crippen molar-refractivity contribution < 1.29 is 4.39 Å². The van der Waals surface area contributed by atoms with Gasteiger partial charge in [-0.3, -0.25) is 14.9 Å². The second kappa shape index (κ2) is 8.83. The summed E-state index contributed by atoms with van der Waals surface area (Å²) in [6.45, 7) is 7.65. The van der Waals surface area contributed by atoms with Crippen LogP contribution >= 0.6 is 11.6 Å². The molecule has 0 amide bonds. The molecule has 1 aliphatic carbocycles. The van der Waals surface area contributed by atoms with Crippen molar-refractivity contribution in [3.63, 3.8) is 0 Å². The second-order valence-corrected chi connectivity index (χ2v) is 9.06. The number of nitrogens with one attached hydrogen (secondary N) is 1. The number of aromatic amines is 1. The minimum atomic E-state index is -0.231. The third-order valence-electron chi connectivity index (χ3n) is 6.57. The van der Waals surface area contributed by atoms with Crippen molar-refractivity contribution in [2.24, 2.45) is 5.92 Å². The molecule has 1 N–H and O–H groups in total. The van der Waals surface area contributed by atoms with Gasteiger partial charge in [0.2, 0.25) is 0 Å². The van der Waals surface area contributed by atoms with E-state index in [2.05, 4.69) is 23.6 Å². The van der Waals surface area contributed by atoms with Crippen LogP contribution in [0.3, 0.4) is 0 Å². The van der Waals surface area contributed by atoms with Crippen LogP contribution in [-0.2, 0) is 0 Å². The van der Waals surface area contributed by atoms with Crippen LogP contribution in [0.15, 0.2) is 46.9 Å². The Hall–Kier alpha value is -2.66. The Bertz CT molecular complexity index is 1200. The molecule has 162 valence electrons. The van der Waals surface area contributed by atoms with Crippen molar-refractivity contribution in [2.75, 3.05) is 0 Å². The van der Waals surface area contributed by atoms with Crippen LogP contribution in [-0.4, -0.2) is 14.8 Å². The molecule has 6 heteroatoms. The van der Waals surface area contributed by atoms with E-state index in [1.807, 2.05) is 12.3 Å². The summed E-state index contributed by atoms with van der Waals surface area (Å²) in [6.07, 6.45) is 9.16. The van der Waals surface area contributed by atoms with Crippen LogP contribution in [0.1, 0.15) is 68.3 Å². The molecule has 0 saturated heterocycles. The maximum atomic E-state index is 13.8. The minimum Gasteiger partial charge on any atom is -0.295 e. The van der Waals surface area contributed by atoms with Gasteiger partial charge in [-0.25, -0.2) is 9.07 Å². The normalized spacial score (nSPS) is 20.7. The summed E-state index contributed by atoms with van der Waals surface area (Å²) in [5, 5.41) is 4.73. The lowest BCUT2D eigenvalue weighted by atomic mass is 9.75. The number of benzene rings is 1. The van der Waals surface area contributed by atoms with Gasteiger partial charge in [-0.15, -0.1) is 0 Å². The Morgan fingerprint density at radius 3 is 2.74 bits per heavy atom. The van der Waals surface area contributed by atoms with Crippen molar-refractivity contribution in [2.45, 2.75) is 51.5 Å². The molecule has 2 aromatic heterocycles. The highest BCUT2D eigenvalue weighted by atomic mass is 35.5. The van der Waals surface area contributed by atoms with E-state index >= 15 is 0 Å². The third-order valence-corrected chi connectivity index (χ3v) is 6.68. The average molecular weight is 440 g/mol. The number of allylic oxidation sites excluding steroid dienone is 1. The van der Waals surface area contributed by atoms with E-state index in [0.717, 1.165) is 36.6 Å². The van der Waals surface area contributed by atoms with E-state index in [9.17, 15) is 9.18 Å². The first-order valence-electron chi connectivity index (χ1n) is 10.7. The predicted molar refractivity (Wildman–Crippen MR) is 126 cm³/mol. The van der Waals surface area contributed by atoms with Gasteiger partial charge in [0.1, 0.15) is 5.82 Å². The first kappa shape index (κ1) is 21.6. The zero-order valence-electron chi connectivity index (χ0n) is 17.9. The van der Waals surface area contributed by atoms with Gasteiger partial charge in [0.25, 0.3) is 5.56 Å². The monoisotopic (exact) mass is 439 g/mol. The number of hydrogen-bond donors (Lipinski definition) is 1. The highest BCUT2D eigenvalue weighted by molar-refractivity contribution is 6.31. The number of hydrogen-bond acceptors (Lipinski definition) is 2. The van der Waals surface area contributed by atoms with Gasteiger partial charge in [0, 0.05) is 16.6 Å². The SMILES string of the molecule is C=Cc1c(/C=C(\C)Cl)[nH]n([C@H](C)[C@H]2CC[C@@H](c3ccnc4ccc(F)cc43)CC2)c1=O. The number of H-pyrrole nitrogens is 1. The summed E-state index contributed by atoms with van der Waals surface area (Å²) < 4.78 is 15.6. The molecule has 1 saturated carbocycles. The summed E-state index contributed by atoms with van der Waals surface area (Å²) in [4.78, 5) is 17.3. The molecule has 31 heavy (non-hydrogen) atoms. The standard InChI is InChI=1S/C25H27ClFN3O/c1-4-20-24(13-15(2)26)29-30(25(20)31)16(3)17-5-7-18(8-6-17)21-11-12-28-23-10-9-19(27)14-22(21)23/h4,9-14,16-18,29H,1,5-8H2,2-3H3/b15-13+/t16-,17-,18+/m1/s1. The first-order chi connectivity index (χ1) is 14.9. The average Bonchev–Trinajstić information content (AvgIpc) is 3.07. The Labute approximate surface area is 186 Å². The van der Waals surface area contributed by atoms with Crippen LogP contribution in [0.5, 0.6) is 0 Å². The Balaban J connectivity index is 1.54. The van der Waals surface area contributed by atoms with Crippen molar-refractivity contribution in [3.8, 4) is 0 Å². The fourth-order valence-electron chi connectivity index (χ4n) is 4.90. The summed E-state index contributed by atoms with van der Waals surface area (Å²) in [7, 11) is 0. The zero-order valence-corrected chi connectivity index (χ0v) is 18.6. The Kier molecular flexibility index (Phi) is 6.15. The largest absolute Gasteiger partial charge is 0.295 e. The van der Waals surface area contributed by atoms with Gasteiger partial charge >= 0.3 is 0 Å². The summed E-state index contributed by atoms with van der Waals surface area (Å²) in [6, 6.07) is 6.85. The quantitative estimate of drug-likeness (QED) is 0.484. The highest BCUT2D eigenvalue weighted by Crippen LogP contribution is 2.41. The van der Waals surface area contributed by atoms with Crippen LogP contribution in [0, 0.1) is 11.7 Å². The molecule has 1 aromatic carbocycles. The summed E-state index contributed by atoms with van der Waals surface area (Å²) >= 11 is 6.02. The Morgan fingerprint density at radius 2 is 2.06 bits per heavy atom. The molecule has 2 heterocycles. The van der Waals surface area contributed by atoms with Crippen LogP contribution in [0.2, 0.25) is 0 Å². The molecule has 0 spiro atoms. The van der Waals surface area contributed by atoms with E-state index in [0.29, 0.717) is 28.1 Å². The Morgan fingerprint density at radius 1 is 1.32 bits per heavy atom. The fourth-order valence-corrected chi connectivity index (χ4v) is 5.01. The fraction of sp³-hybridized carbons (Fsp3) is 0.360. The zero-order chi connectivity index (χ0) is 22.1. The number of halogens is 2. The minimum absolute atomic E-state index is 0.0385. The summed E-state index contributed by atoms with van der Waals surface area (Å²) in [5.74, 6) is 0.520. The maximum absolute atomic E-state index is 13.8. The first-order valence-corrected chi connectivity index (χ1v) is 11.1. The lowest BCUT2D eigenvalue weighted by Gasteiger charge is -2.33. The molecular weight excluding hydrogens is 413 g/mol. The lowest BCUT2D eigenvalue weighted by molar-refractivity contribution is 0.232. The number of aromatic nitrogens is 3. The van der Waals surface area contributed by atoms with E-state index < -0.39 is 0 Å². The molecule has 4 nitrogen and oxygen atoms in total. The molecule has 3 aromatic rings. The molecule has 0 unspecified atom stereocenters. The van der Waals surface area contributed by atoms with Gasteiger partial charge in [-0.05, 0) is 87.3 Å². The predicted octanol–water partition coefficient (Wildman–Crippen LogP) is 6.64. The molecule has 4 rings (SSSR count). The van der Waals surface area contributed by atoms with Crippen molar-refractivity contribution in [1.82, 2.24) is 14.8 Å². The van der Waals surface area contributed by atoms with E-state index in [1.165, 1.54) is 11.6 Å². The number of fused-ring (bicyclic) bond motifs is 1. The van der Waals surface area contributed by atoms with E-state index in [1.54, 1.807) is 35.9 Å². The third kappa shape index (κ3) is 4.24. The molecule has 1 fully saturated rings. The molecule has 0 bridgehead atoms. The van der Waals surface area contributed by atoms with Crippen molar-refractivity contribution in [3.05, 3.63) is 75.1 Å². The highest BCUT2D eigenvalue weighted by Gasteiger charge is 2.29. The van der Waals surface area contributed by atoms with Crippen molar-refractivity contribution in [1.29, 1.82) is 0 Å². The van der Waals surface area contributed by atoms with Crippen molar-refractivity contribution >= 4 is 34.7 Å². The molecule has 1 aliphatic rings. The number of nitrogens with zero attached hydrogens (tertiary/aromatic N) is 2. The van der Waals surface area contributed by atoms with Crippen LogP contribution < -0.4 is 5.56 Å². The van der Waals surface area contributed by atoms with Gasteiger partial charge in [0.15, 0.2) is 0 Å². The van der Waals surface area contributed by atoms with Crippen LogP contribution in [0.25, 0.3) is 23.1 Å². The second-order valence-electron chi connectivity index (χ2n) is 8.46. The number of pyridine rings is 1. The lowest BCUT2D eigenvalue weighted by Crippen LogP contribution is -2.29. The smallest absolute Gasteiger partial charge is 0.274 e. The van der Waals surface area contributed by atoms with Crippen LogP contribution in [0.4, 0.5) is 4.39 Å².